The lowest BCUT2D eigenvalue weighted by atomic mass is 10.1. The van der Waals surface area contributed by atoms with E-state index in [2.05, 4.69) is 4.98 Å². The molecule has 0 aliphatic carbocycles. The first kappa shape index (κ1) is 20.1. The molecule has 0 aliphatic rings. The number of primary amides is 1. The van der Waals surface area contributed by atoms with E-state index in [0.29, 0.717) is 22.1 Å². The molecule has 0 spiro atoms. The van der Waals surface area contributed by atoms with E-state index in [1.807, 2.05) is 47.9 Å². The molecule has 2 N–H and O–H groups in total. The maximum Gasteiger partial charge on any atom is 0.262 e. The van der Waals surface area contributed by atoms with Gasteiger partial charge in [0, 0.05) is 23.1 Å². The van der Waals surface area contributed by atoms with E-state index in [-0.39, 0.29) is 6.10 Å². The largest absolute Gasteiger partial charge is 0.484 e. The van der Waals surface area contributed by atoms with Crippen molar-refractivity contribution in [1.29, 1.82) is 0 Å². The summed E-state index contributed by atoms with van der Waals surface area (Å²) in [6.45, 7) is 1.86. The van der Waals surface area contributed by atoms with Crippen molar-refractivity contribution in [2.24, 2.45) is 5.73 Å². The number of fused-ring (bicyclic) bond motifs is 1. The van der Waals surface area contributed by atoms with Crippen LogP contribution in [0.3, 0.4) is 0 Å². The van der Waals surface area contributed by atoms with E-state index < -0.39 is 5.91 Å². The van der Waals surface area contributed by atoms with E-state index >= 15 is 0 Å². The molecular weight excluding hydrogens is 422 g/mol. The third kappa shape index (κ3) is 3.81. The van der Waals surface area contributed by atoms with Gasteiger partial charge in [-0.05, 0) is 30.7 Å². The Morgan fingerprint density at radius 3 is 2.83 bits per heavy atom. The Kier molecular flexibility index (Phi) is 5.57. The van der Waals surface area contributed by atoms with Gasteiger partial charge in [0.25, 0.3) is 5.91 Å². The van der Waals surface area contributed by atoms with E-state index in [1.54, 1.807) is 18.5 Å². The lowest BCUT2D eigenvalue weighted by molar-refractivity contribution is -0.107. The van der Waals surface area contributed by atoms with Crippen LogP contribution in [0.15, 0.2) is 54.9 Å². The molecule has 0 aliphatic heterocycles. The fraction of sp³-hybridized carbons (Fsp3) is 0.136. The van der Waals surface area contributed by atoms with Crippen LogP contribution in [0.4, 0.5) is 0 Å². The number of aldehydes is 1. The van der Waals surface area contributed by atoms with Gasteiger partial charge in [-0.1, -0.05) is 35.9 Å². The SMILES string of the molecule is C[C@@H](Oc1cc(-n2cnc3ccc(CC=O)cc32)sc1C(N)=O)c1ccccc1Cl. The second-order valence-electron chi connectivity index (χ2n) is 6.73. The number of hydrogen-bond acceptors (Lipinski definition) is 5. The smallest absolute Gasteiger partial charge is 0.262 e. The normalized spacial score (nSPS) is 12.1. The van der Waals surface area contributed by atoms with E-state index in [0.717, 1.165) is 33.4 Å². The topological polar surface area (TPSA) is 87.2 Å². The molecule has 4 aromatic rings. The summed E-state index contributed by atoms with van der Waals surface area (Å²) in [4.78, 5) is 27.6. The minimum atomic E-state index is -0.571. The molecule has 2 aromatic carbocycles. The lowest BCUT2D eigenvalue weighted by Crippen LogP contribution is -2.12. The summed E-state index contributed by atoms with van der Waals surface area (Å²) in [5, 5.41) is 1.32. The zero-order valence-corrected chi connectivity index (χ0v) is 17.6. The summed E-state index contributed by atoms with van der Waals surface area (Å²) in [5.41, 5.74) is 8.92. The molecule has 152 valence electrons. The average molecular weight is 440 g/mol. The highest BCUT2D eigenvalue weighted by Crippen LogP contribution is 2.37. The van der Waals surface area contributed by atoms with Crippen LogP contribution in [0, 0.1) is 0 Å². The molecule has 8 heteroatoms. The summed E-state index contributed by atoms with van der Waals surface area (Å²) in [7, 11) is 0. The number of rotatable bonds is 7. The summed E-state index contributed by atoms with van der Waals surface area (Å²) in [6, 6.07) is 14.8. The highest BCUT2D eigenvalue weighted by atomic mass is 35.5. The van der Waals surface area contributed by atoms with Gasteiger partial charge in [0.1, 0.15) is 34.3 Å². The van der Waals surface area contributed by atoms with Crippen molar-refractivity contribution in [3.63, 3.8) is 0 Å². The number of nitrogens with two attached hydrogens (primary N) is 1. The van der Waals surface area contributed by atoms with Gasteiger partial charge < -0.3 is 15.3 Å². The predicted octanol–water partition coefficient (Wildman–Crippen LogP) is 4.72. The Hall–Kier alpha value is -3.16. The minimum Gasteiger partial charge on any atom is -0.484 e. The summed E-state index contributed by atoms with van der Waals surface area (Å²) in [6.07, 6.45) is 2.48. The molecule has 0 radical (unpaired) electrons. The molecule has 0 saturated heterocycles. The number of carbonyl (C=O) groups is 2. The van der Waals surface area contributed by atoms with E-state index in [9.17, 15) is 9.59 Å². The van der Waals surface area contributed by atoms with Crippen molar-refractivity contribution in [1.82, 2.24) is 9.55 Å². The maximum atomic E-state index is 12.1. The van der Waals surface area contributed by atoms with Gasteiger partial charge in [-0.2, -0.15) is 0 Å². The van der Waals surface area contributed by atoms with Crippen molar-refractivity contribution in [2.45, 2.75) is 19.4 Å². The standard InChI is InChI=1S/C22H18ClN3O3S/c1-13(15-4-2-3-5-16(15)23)29-19-11-20(30-21(19)22(24)28)26-12-25-17-7-6-14(8-9-27)10-18(17)26/h2-7,9-13H,8H2,1H3,(H2,24,28)/t13-/m1/s1. The molecule has 4 rings (SSSR count). The van der Waals surface area contributed by atoms with Gasteiger partial charge >= 0.3 is 0 Å². The number of amides is 1. The van der Waals surface area contributed by atoms with Gasteiger partial charge in [-0.3, -0.25) is 9.36 Å². The molecule has 0 fully saturated rings. The number of nitrogens with zero attached hydrogens (tertiary/aromatic N) is 2. The van der Waals surface area contributed by atoms with Crippen LogP contribution in [0.25, 0.3) is 16.0 Å². The molecular formula is C22H18ClN3O3S. The zero-order valence-electron chi connectivity index (χ0n) is 16.0. The number of imidazole rings is 1. The summed E-state index contributed by atoms with van der Waals surface area (Å²) in [5.74, 6) is -0.181. The fourth-order valence-corrected chi connectivity index (χ4v) is 4.47. The number of aromatic nitrogens is 2. The Morgan fingerprint density at radius 1 is 1.30 bits per heavy atom. The number of thiophene rings is 1. The van der Waals surface area contributed by atoms with Gasteiger partial charge in [0.05, 0.1) is 11.0 Å². The van der Waals surface area contributed by atoms with Crippen LogP contribution in [0.2, 0.25) is 5.02 Å². The van der Waals surface area contributed by atoms with Crippen LogP contribution < -0.4 is 10.5 Å². The zero-order chi connectivity index (χ0) is 21.3. The van der Waals surface area contributed by atoms with Crippen LogP contribution >= 0.6 is 22.9 Å². The third-order valence-corrected chi connectivity index (χ3v) is 6.20. The number of halogens is 1. The second-order valence-corrected chi connectivity index (χ2v) is 8.17. The minimum absolute atomic E-state index is 0.315. The van der Waals surface area contributed by atoms with Crippen molar-refractivity contribution >= 4 is 46.2 Å². The Bertz CT molecular complexity index is 1250. The first-order chi connectivity index (χ1) is 14.5. The van der Waals surface area contributed by atoms with Gasteiger partial charge in [-0.25, -0.2) is 4.98 Å². The number of carbonyl (C=O) groups excluding carboxylic acids is 2. The Labute approximate surface area is 181 Å². The average Bonchev–Trinajstić information content (AvgIpc) is 3.32. The summed E-state index contributed by atoms with van der Waals surface area (Å²) >= 11 is 7.50. The molecule has 2 heterocycles. The fourth-order valence-electron chi connectivity index (χ4n) is 3.25. The second kappa shape index (κ2) is 8.30. The van der Waals surface area contributed by atoms with E-state index in [1.165, 1.54) is 11.3 Å². The third-order valence-electron chi connectivity index (χ3n) is 4.72. The summed E-state index contributed by atoms with van der Waals surface area (Å²) < 4.78 is 7.93. The highest BCUT2D eigenvalue weighted by Gasteiger charge is 2.21. The number of hydrogen-bond donors (Lipinski definition) is 1. The van der Waals surface area contributed by atoms with Crippen molar-refractivity contribution < 1.29 is 14.3 Å². The monoisotopic (exact) mass is 439 g/mol. The Morgan fingerprint density at radius 2 is 2.10 bits per heavy atom. The van der Waals surface area contributed by atoms with Crippen LogP contribution in [-0.2, 0) is 11.2 Å². The molecule has 30 heavy (non-hydrogen) atoms. The van der Waals surface area contributed by atoms with E-state index in [4.69, 9.17) is 22.1 Å². The molecule has 1 amide bonds. The van der Waals surface area contributed by atoms with Crippen molar-refractivity contribution in [3.05, 3.63) is 75.9 Å². The highest BCUT2D eigenvalue weighted by molar-refractivity contribution is 7.16. The van der Waals surface area contributed by atoms with Gasteiger partial charge in [-0.15, -0.1) is 11.3 Å². The number of benzene rings is 2. The van der Waals surface area contributed by atoms with Crippen molar-refractivity contribution in [3.8, 4) is 10.8 Å². The quantitative estimate of drug-likeness (QED) is 0.422. The molecule has 0 unspecified atom stereocenters. The lowest BCUT2D eigenvalue weighted by Gasteiger charge is -2.16. The first-order valence-corrected chi connectivity index (χ1v) is 10.4. The van der Waals surface area contributed by atoms with Crippen LogP contribution in [-0.4, -0.2) is 21.7 Å². The number of ether oxygens (including phenoxy) is 1. The first-order valence-electron chi connectivity index (χ1n) is 9.22. The van der Waals surface area contributed by atoms with Gasteiger partial charge in [0.2, 0.25) is 0 Å². The molecule has 6 nitrogen and oxygen atoms in total. The van der Waals surface area contributed by atoms with Crippen molar-refractivity contribution in [2.75, 3.05) is 0 Å². The molecule has 0 saturated carbocycles. The van der Waals surface area contributed by atoms with Gasteiger partial charge in [0.15, 0.2) is 0 Å². The maximum absolute atomic E-state index is 12.1. The molecule has 1 atom stereocenters. The molecule has 2 aromatic heterocycles. The van der Waals surface area contributed by atoms with Crippen LogP contribution in [0.5, 0.6) is 5.75 Å². The van der Waals surface area contributed by atoms with Crippen LogP contribution in [0.1, 0.15) is 33.8 Å². The predicted molar refractivity (Wildman–Crippen MR) is 118 cm³/mol. The molecule has 0 bridgehead atoms. The Balaban J connectivity index is 1.74.